The zero-order valence-electron chi connectivity index (χ0n) is 25.1. The molecule has 0 unspecified atom stereocenters. The Labute approximate surface area is 294 Å². The van der Waals surface area contributed by atoms with E-state index in [-0.39, 0.29) is 39.7 Å². The Morgan fingerprint density at radius 1 is 0.500 bits per heavy atom. The van der Waals surface area contributed by atoms with Crippen molar-refractivity contribution in [3.8, 4) is 23.0 Å². The maximum atomic E-state index is 15.7. The molecule has 0 saturated carbocycles. The van der Waals surface area contributed by atoms with Crippen LogP contribution in [0.2, 0.25) is 0 Å². The van der Waals surface area contributed by atoms with E-state index in [1.54, 1.807) is 6.07 Å². The predicted octanol–water partition coefficient (Wildman–Crippen LogP) is 8.57. The number of benzene rings is 5. The molecule has 10 nitrogen and oxygen atoms in total. The lowest BCUT2D eigenvalue weighted by atomic mass is 9.68. The molecule has 0 aromatic heterocycles. The van der Waals surface area contributed by atoms with Gasteiger partial charge < -0.3 is 29.9 Å². The van der Waals surface area contributed by atoms with Crippen molar-refractivity contribution in [2.75, 3.05) is 0 Å². The molecule has 5 aromatic carbocycles. The van der Waals surface area contributed by atoms with Crippen molar-refractivity contribution in [1.29, 1.82) is 0 Å². The van der Waals surface area contributed by atoms with Crippen molar-refractivity contribution in [3.05, 3.63) is 152 Å². The van der Waals surface area contributed by atoms with E-state index in [0.29, 0.717) is 3.57 Å². The molecule has 50 heavy (non-hydrogen) atoms. The fraction of sp³-hybridized carbons (Fsp3) is 0.0556. The molecule has 0 aliphatic rings. The summed E-state index contributed by atoms with van der Waals surface area (Å²) >= 11 is 1.82. The number of carboxylic acids is 4. The van der Waals surface area contributed by atoms with Crippen LogP contribution in [-0.4, -0.2) is 50.5 Å². The normalized spacial score (nSPS) is 11.4. The van der Waals surface area contributed by atoms with Crippen molar-refractivity contribution in [2.24, 2.45) is 0 Å². The fourth-order valence-electron chi connectivity index (χ4n) is 5.44. The molecule has 0 bridgehead atoms. The Hall–Kier alpha value is -5.90. The van der Waals surface area contributed by atoms with Gasteiger partial charge in [-0.05, 0) is 106 Å². The summed E-state index contributed by atoms with van der Waals surface area (Å²) in [5, 5.41) is 37.4. The molecule has 0 amide bonds. The molecule has 0 saturated heterocycles. The van der Waals surface area contributed by atoms with Crippen LogP contribution in [-0.2, 0) is 5.41 Å². The van der Waals surface area contributed by atoms with Crippen LogP contribution in [0.4, 0.5) is 13.2 Å². The Kier molecular flexibility index (Phi) is 9.85. The standard InChI is InChI=1S/C36H22F3IO10/c37-36(38,39)35(29-3-1-2-4-30(29)40,19-5-9-21(10-6-19)49-23-13-15-25(31(41)42)27(17-23)33(45)46)20-7-11-22(12-8-20)50-24-14-16-26(32(43)44)28(18-24)34(47)48/h1-18H,(H,41,42)(H,43,44)(H,45,46)(H,47,48). The number of alkyl halides is 3. The van der Waals surface area contributed by atoms with Gasteiger partial charge in [-0.3, -0.25) is 0 Å². The third-order valence-electron chi connectivity index (χ3n) is 7.65. The van der Waals surface area contributed by atoms with Gasteiger partial charge in [-0.25, -0.2) is 19.2 Å². The quantitative estimate of drug-likeness (QED) is 0.0751. The minimum absolute atomic E-state index is 0.0467. The first-order chi connectivity index (χ1) is 23.6. The zero-order chi connectivity index (χ0) is 36.4. The van der Waals surface area contributed by atoms with Crippen LogP contribution in [0.5, 0.6) is 23.0 Å². The summed E-state index contributed by atoms with van der Waals surface area (Å²) in [5.74, 6) is -5.94. The second-order valence-corrected chi connectivity index (χ2v) is 11.8. The van der Waals surface area contributed by atoms with Gasteiger partial charge in [0.25, 0.3) is 0 Å². The van der Waals surface area contributed by atoms with Crippen LogP contribution >= 0.6 is 22.6 Å². The monoisotopic (exact) mass is 798 g/mol. The van der Waals surface area contributed by atoms with Gasteiger partial charge >= 0.3 is 30.1 Å². The van der Waals surface area contributed by atoms with Gasteiger partial charge in [-0.2, -0.15) is 13.2 Å². The number of hydrogen-bond donors (Lipinski definition) is 4. The fourth-order valence-corrected chi connectivity index (χ4v) is 6.23. The van der Waals surface area contributed by atoms with Crippen molar-refractivity contribution in [2.45, 2.75) is 11.6 Å². The Morgan fingerprint density at radius 2 is 0.860 bits per heavy atom. The Morgan fingerprint density at radius 3 is 1.20 bits per heavy atom. The maximum Gasteiger partial charge on any atom is 0.406 e. The molecule has 0 aliphatic heterocycles. The number of halogens is 4. The van der Waals surface area contributed by atoms with Gasteiger partial charge in [0.1, 0.15) is 28.4 Å². The van der Waals surface area contributed by atoms with E-state index < -0.39 is 57.7 Å². The molecule has 4 N–H and O–H groups in total. The average molecular weight is 798 g/mol. The minimum atomic E-state index is -4.93. The van der Waals surface area contributed by atoms with Gasteiger partial charge in [0.2, 0.25) is 0 Å². The number of rotatable bonds is 11. The van der Waals surface area contributed by atoms with Crippen molar-refractivity contribution in [1.82, 2.24) is 0 Å². The first-order valence-corrected chi connectivity index (χ1v) is 15.3. The number of aromatic carboxylic acids is 4. The molecule has 0 atom stereocenters. The van der Waals surface area contributed by atoms with Crippen molar-refractivity contribution >= 4 is 46.5 Å². The summed E-state index contributed by atoms with van der Waals surface area (Å²) in [6.45, 7) is 0. The Balaban J connectivity index is 1.56. The molecule has 0 spiro atoms. The van der Waals surface area contributed by atoms with Crippen molar-refractivity contribution in [3.63, 3.8) is 0 Å². The highest BCUT2D eigenvalue weighted by Crippen LogP contribution is 2.53. The molecule has 0 heterocycles. The van der Waals surface area contributed by atoms with Gasteiger partial charge in [-0.15, -0.1) is 0 Å². The summed E-state index contributed by atoms with van der Waals surface area (Å²) < 4.78 is 58.7. The smallest absolute Gasteiger partial charge is 0.406 e. The third-order valence-corrected chi connectivity index (χ3v) is 8.59. The van der Waals surface area contributed by atoms with E-state index in [2.05, 4.69) is 0 Å². The largest absolute Gasteiger partial charge is 0.478 e. The van der Waals surface area contributed by atoms with Crippen LogP contribution < -0.4 is 9.47 Å². The lowest BCUT2D eigenvalue weighted by Gasteiger charge is -2.38. The first kappa shape index (κ1) is 35.4. The molecular weight excluding hydrogens is 776 g/mol. The number of ether oxygens (including phenoxy) is 2. The number of hydrogen-bond acceptors (Lipinski definition) is 6. The summed E-state index contributed by atoms with van der Waals surface area (Å²) in [7, 11) is 0. The van der Waals surface area contributed by atoms with E-state index in [1.165, 1.54) is 78.9 Å². The number of carboxylic acid groups (broad SMARTS) is 4. The minimum Gasteiger partial charge on any atom is -0.478 e. The van der Waals surface area contributed by atoms with Gasteiger partial charge in [0.15, 0.2) is 0 Å². The molecule has 254 valence electrons. The molecule has 5 rings (SSSR count). The van der Waals surface area contributed by atoms with Crippen LogP contribution in [0.3, 0.4) is 0 Å². The summed E-state index contributed by atoms with van der Waals surface area (Å²) in [6, 6.07) is 22.5. The maximum absolute atomic E-state index is 15.7. The van der Waals surface area contributed by atoms with Gasteiger partial charge in [0.05, 0.1) is 22.3 Å². The first-order valence-electron chi connectivity index (χ1n) is 14.2. The van der Waals surface area contributed by atoms with E-state index in [4.69, 9.17) is 9.47 Å². The molecular formula is C36H22F3IO10. The van der Waals surface area contributed by atoms with E-state index in [9.17, 15) is 39.6 Å². The van der Waals surface area contributed by atoms with Crippen molar-refractivity contribution < 1.29 is 62.2 Å². The second-order valence-electron chi connectivity index (χ2n) is 10.6. The molecule has 14 heteroatoms. The summed E-state index contributed by atoms with van der Waals surface area (Å²) in [4.78, 5) is 46.0. The van der Waals surface area contributed by atoms with Gasteiger partial charge in [-0.1, -0.05) is 42.5 Å². The Bertz CT molecular complexity index is 2010. The SMILES string of the molecule is O=C(O)c1ccc(Oc2ccc(C(c3ccc(Oc4ccc(C(=O)O)c(C(=O)O)c4)cc3)(c3ccccc3I)C(F)(F)F)cc2)cc1C(=O)O. The van der Waals surface area contributed by atoms with E-state index in [1.807, 2.05) is 22.6 Å². The number of carbonyl (C=O) groups is 4. The molecule has 5 aromatic rings. The molecule has 0 aliphatic carbocycles. The predicted molar refractivity (Wildman–Crippen MR) is 179 cm³/mol. The van der Waals surface area contributed by atoms with Gasteiger partial charge in [0, 0.05) is 3.57 Å². The average Bonchev–Trinajstić information content (AvgIpc) is 3.06. The van der Waals surface area contributed by atoms with E-state index in [0.717, 1.165) is 24.3 Å². The summed E-state index contributed by atoms with van der Waals surface area (Å²) in [5.41, 5.74) is -5.21. The van der Waals surface area contributed by atoms with Crippen LogP contribution in [0.15, 0.2) is 109 Å². The molecule has 0 radical (unpaired) electrons. The third kappa shape index (κ3) is 6.82. The van der Waals surface area contributed by atoms with Crippen LogP contribution in [0.25, 0.3) is 0 Å². The highest BCUT2D eigenvalue weighted by Gasteiger charge is 2.59. The second kappa shape index (κ2) is 13.9. The van der Waals surface area contributed by atoms with Crippen LogP contribution in [0, 0.1) is 3.57 Å². The zero-order valence-corrected chi connectivity index (χ0v) is 27.3. The summed E-state index contributed by atoms with van der Waals surface area (Å²) in [6.07, 6.45) is -4.93. The lowest BCUT2D eigenvalue weighted by molar-refractivity contribution is -0.166. The highest BCUT2D eigenvalue weighted by molar-refractivity contribution is 14.1. The molecule has 0 fully saturated rings. The van der Waals surface area contributed by atoms with E-state index >= 15 is 13.2 Å². The lowest BCUT2D eigenvalue weighted by Crippen LogP contribution is -2.45. The topological polar surface area (TPSA) is 168 Å². The van der Waals surface area contributed by atoms with Crippen LogP contribution in [0.1, 0.15) is 58.1 Å². The highest BCUT2D eigenvalue weighted by atomic mass is 127.